The zero-order chi connectivity index (χ0) is 19.2. The number of halogens is 1. The molecule has 6 nitrogen and oxygen atoms in total. The van der Waals surface area contributed by atoms with Crippen LogP contribution in [0.3, 0.4) is 0 Å². The maximum atomic E-state index is 12.4. The van der Waals surface area contributed by atoms with Crippen LogP contribution in [0.25, 0.3) is 0 Å². The molecule has 0 saturated heterocycles. The van der Waals surface area contributed by atoms with Crippen molar-refractivity contribution in [3.8, 4) is 0 Å². The Hall–Kier alpha value is -3.12. The highest BCUT2D eigenvalue weighted by Gasteiger charge is 2.18. The molecule has 2 N–H and O–H groups in total. The highest BCUT2D eigenvalue weighted by molar-refractivity contribution is 6.30. The lowest BCUT2D eigenvalue weighted by molar-refractivity contribution is -0.120. The fourth-order valence-corrected chi connectivity index (χ4v) is 2.72. The van der Waals surface area contributed by atoms with E-state index in [2.05, 4.69) is 15.8 Å². The number of hydrogen-bond acceptors (Lipinski definition) is 4. The molecule has 1 aromatic heterocycles. The summed E-state index contributed by atoms with van der Waals surface area (Å²) in [6, 6.07) is 18.0. The van der Waals surface area contributed by atoms with Gasteiger partial charge in [0.05, 0.1) is 12.6 Å². The van der Waals surface area contributed by atoms with Crippen molar-refractivity contribution in [2.75, 3.05) is 6.54 Å². The zero-order valence-electron chi connectivity index (χ0n) is 14.6. The summed E-state index contributed by atoms with van der Waals surface area (Å²) in [4.78, 5) is 24.4. The lowest BCUT2D eigenvalue weighted by Crippen LogP contribution is -2.39. The molecule has 0 aliphatic rings. The minimum atomic E-state index is -0.468. The van der Waals surface area contributed by atoms with Crippen molar-refractivity contribution in [2.45, 2.75) is 13.0 Å². The van der Waals surface area contributed by atoms with Crippen molar-refractivity contribution < 1.29 is 14.1 Å². The predicted octanol–water partition coefficient (Wildman–Crippen LogP) is 3.27. The average molecular weight is 384 g/mol. The van der Waals surface area contributed by atoms with Crippen molar-refractivity contribution in [1.82, 2.24) is 15.8 Å². The van der Waals surface area contributed by atoms with Gasteiger partial charge in [0.1, 0.15) is 5.76 Å². The molecule has 3 rings (SSSR count). The summed E-state index contributed by atoms with van der Waals surface area (Å²) in [5.74, 6) is -0.270. The molecule has 2 amide bonds. The van der Waals surface area contributed by atoms with Crippen LogP contribution in [0.5, 0.6) is 0 Å². The van der Waals surface area contributed by atoms with Gasteiger partial charge in [-0.25, -0.2) is 0 Å². The molecule has 1 heterocycles. The standard InChI is InChI=1S/C20H18ClN3O3/c1-13-11-17(24-27-13)20(26)22-12-18(25)23-19(14-5-3-2-4-6-14)15-7-9-16(21)10-8-15/h2-11,19H,12H2,1H3,(H,22,26)(H,23,25). The second-order valence-corrected chi connectivity index (χ2v) is 6.40. The van der Waals surface area contributed by atoms with E-state index in [0.29, 0.717) is 10.8 Å². The average Bonchev–Trinajstić information content (AvgIpc) is 3.12. The fourth-order valence-electron chi connectivity index (χ4n) is 2.60. The number of amides is 2. The normalized spacial score (nSPS) is 11.6. The van der Waals surface area contributed by atoms with Crippen LogP contribution in [-0.4, -0.2) is 23.5 Å². The summed E-state index contributed by atoms with van der Waals surface area (Å²) in [6.45, 7) is 1.51. The van der Waals surface area contributed by atoms with Gasteiger partial charge in [0, 0.05) is 11.1 Å². The zero-order valence-corrected chi connectivity index (χ0v) is 15.4. The number of hydrogen-bond donors (Lipinski definition) is 2. The van der Waals surface area contributed by atoms with Crippen LogP contribution in [0.4, 0.5) is 0 Å². The first kappa shape index (κ1) is 18.7. The smallest absolute Gasteiger partial charge is 0.273 e. The molecular weight excluding hydrogens is 366 g/mol. The first-order chi connectivity index (χ1) is 13.0. The topological polar surface area (TPSA) is 84.2 Å². The van der Waals surface area contributed by atoms with Crippen molar-refractivity contribution in [3.63, 3.8) is 0 Å². The maximum absolute atomic E-state index is 12.4. The third kappa shape index (κ3) is 4.95. The molecule has 0 saturated carbocycles. The van der Waals surface area contributed by atoms with Crippen molar-refractivity contribution in [3.05, 3.63) is 88.3 Å². The molecular formula is C20H18ClN3O3. The highest BCUT2D eigenvalue weighted by atomic mass is 35.5. The summed E-state index contributed by atoms with van der Waals surface area (Å²) >= 11 is 5.96. The number of carbonyl (C=O) groups is 2. The van der Waals surface area contributed by atoms with Gasteiger partial charge < -0.3 is 15.2 Å². The first-order valence-electron chi connectivity index (χ1n) is 8.34. The molecule has 0 aliphatic heterocycles. The number of nitrogens with zero attached hydrogens (tertiary/aromatic N) is 1. The van der Waals surface area contributed by atoms with Gasteiger partial charge in [-0.05, 0) is 30.2 Å². The molecule has 1 unspecified atom stereocenters. The molecule has 138 valence electrons. The van der Waals surface area contributed by atoms with Crippen molar-refractivity contribution in [1.29, 1.82) is 0 Å². The Balaban J connectivity index is 1.69. The van der Waals surface area contributed by atoms with Gasteiger partial charge in [0.2, 0.25) is 5.91 Å². The Bertz CT molecular complexity index is 923. The third-order valence-electron chi connectivity index (χ3n) is 3.91. The minimum Gasteiger partial charge on any atom is -0.361 e. The molecule has 7 heteroatoms. The quantitative estimate of drug-likeness (QED) is 0.684. The fraction of sp³-hybridized carbons (Fsp3) is 0.150. The molecule has 0 radical (unpaired) electrons. The summed E-state index contributed by atoms with van der Waals surface area (Å²) < 4.78 is 4.86. The van der Waals surface area contributed by atoms with Crippen molar-refractivity contribution in [2.24, 2.45) is 0 Å². The Morgan fingerprint density at radius 1 is 1.07 bits per heavy atom. The molecule has 0 spiro atoms. The summed E-state index contributed by atoms with van der Waals surface area (Å²) in [7, 11) is 0. The Morgan fingerprint density at radius 2 is 1.74 bits per heavy atom. The van der Waals surface area contributed by atoms with E-state index >= 15 is 0 Å². The molecule has 0 aliphatic carbocycles. The van der Waals surface area contributed by atoms with Crippen LogP contribution >= 0.6 is 11.6 Å². The lowest BCUT2D eigenvalue weighted by Gasteiger charge is -2.20. The van der Waals surface area contributed by atoms with Crippen molar-refractivity contribution >= 4 is 23.4 Å². The van der Waals surface area contributed by atoms with E-state index in [4.69, 9.17) is 16.1 Å². The van der Waals surface area contributed by atoms with Crippen LogP contribution in [0.2, 0.25) is 5.02 Å². The second kappa shape index (κ2) is 8.51. The van der Waals surface area contributed by atoms with Gasteiger partial charge in [0.25, 0.3) is 5.91 Å². The Morgan fingerprint density at radius 3 is 2.37 bits per heavy atom. The molecule has 3 aromatic rings. The minimum absolute atomic E-state index is 0.137. The van der Waals surface area contributed by atoms with Gasteiger partial charge in [0.15, 0.2) is 5.69 Å². The van der Waals surface area contributed by atoms with E-state index in [0.717, 1.165) is 11.1 Å². The van der Waals surface area contributed by atoms with Crippen LogP contribution in [0.15, 0.2) is 65.2 Å². The Kier molecular flexibility index (Phi) is 5.88. The number of rotatable bonds is 6. The van der Waals surface area contributed by atoms with E-state index in [9.17, 15) is 9.59 Å². The van der Waals surface area contributed by atoms with E-state index in [1.54, 1.807) is 19.1 Å². The third-order valence-corrected chi connectivity index (χ3v) is 4.16. The number of nitrogens with one attached hydrogen (secondary N) is 2. The van der Waals surface area contributed by atoms with Gasteiger partial charge in [-0.15, -0.1) is 0 Å². The van der Waals surface area contributed by atoms with Crippen LogP contribution in [0, 0.1) is 6.92 Å². The lowest BCUT2D eigenvalue weighted by atomic mass is 9.98. The predicted molar refractivity (Wildman–Crippen MR) is 101 cm³/mol. The van der Waals surface area contributed by atoms with Gasteiger partial charge in [-0.3, -0.25) is 9.59 Å². The van der Waals surface area contributed by atoms with Gasteiger partial charge in [-0.2, -0.15) is 0 Å². The Labute approximate surface area is 161 Å². The van der Waals surface area contributed by atoms with Crippen LogP contribution in [0.1, 0.15) is 33.4 Å². The number of aromatic nitrogens is 1. The van der Waals surface area contributed by atoms with E-state index < -0.39 is 5.91 Å². The largest absolute Gasteiger partial charge is 0.361 e. The molecule has 27 heavy (non-hydrogen) atoms. The summed E-state index contributed by atoms with van der Waals surface area (Å²) in [5.41, 5.74) is 1.95. The van der Waals surface area contributed by atoms with E-state index in [-0.39, 0.29) is 24.2 Å². The number of aryl methyl sites for hydroxylation is 1. The molecule has 2 aromatic carbocycles. The molecule has 0 fully saturated rings. The summed E-state index contributed by atoms with van der Waals surface area (Å²) in [6.07, 6.45) is 0. The van der Waals surface area contributed by atoms with E-state index in [1.165, 1.54) is 6.07 Å². The second-order valence-electron chi connectivity index (χ2n) is 5.97. The van der Waals surface area contributed by atoms with Gasteiger partial charge >= 0.3 is 0 Å². The number of benzene rings is 2. The molecule has 1 atom stereocenters. The van der Waals surface area contributed by atoms with Gasteiger partial charge in [-0.1, -0.05) is 59.2 Å². The number of carbonyl (C=O) groups excluding carboxylic acids is 2. The molecule has 0 bridgehead atoms. The SMILES string of the molecule is Cc1cc(C(=O)NCC(=O)NC(c2ccccc2)c2ccc(Cl)cc2)no1. The highest BCUT2D eigenvalue weighted by Crippen LogP contribution is 2.23. The van der Waals surface area contributed by atoms with Crippen LogP contribution < -0.4 is 10.6 Å². The monoisotopic (exact) mass is 383 g/mol. The summed E-state index contributed by atoms with van der Waals surface area (Å²) in [5, 5.41) is 9.72. The van der Waals surface area contributed by atoms with E-state index in [1.807, 2.05) is 42.5 Å². The van der Waals surface area contributed by atoms with Crippen LogP contribution in [-0.2, 0) is 4.79 Å². The first-order valence-corrected chi connectivity index (χ1v) is 8.72. The maximum Gasteiger partial charge on any atom is 0.273 e.